The van der Waals surface area contributed by atoms with E-state index in [1.165, 1.54) is 5.56 Å². The Morgan fingerprint density at radius 2 is 2.24 bits per heavy atom. The van der Waals surface area contributed by atoms with Gasteiger partial charge in [0.25, 0.3) is 0 Å². The van der Waals surface area contributed by atoms with Gasteiger partial charge < -0.3 is 10.1 Å². The summed E-state index contributed by atoms with van der Waals surface area (Å²) in [6, 6.07) is 4.52. The molecule has 1 heterocycles. The van der Waals surface area contributed by atoms with Crippen molar-refractivity contribution in [3.05, 3.63) is 30.1 Å². The molecule has 1 rings (SSSR count). The number of hydrogen-bond acceptors (Lipinski definition) is 3. The molecule has 3 heteroatoms. The highest BCUT2D eigenvalue weighted by molar-refractivity contribution is 5.13. The lowest BCUT2D eigenvalue weighted by Crippen LogP contribution is -2.23. The average molecular weight is 236 g/mol. The molecule has 0 fully saturated rings. The molecule has 2 atom stereocenters. The Labute approximate surface area is 105 Å². The highest BCUT2D eigenvalue weighted by atomic mass is 16.5. The second kappa shape index (κ2) is 8.20. The summed E-state index contributed by atoms with van der Waals surface area (Å²) in [5.74, 6) is 0. The highest BCUT2D eigenvalue weighted by Gasteiger charge is 2.12. The minimum Gasteiger partial charge on any atom is -0.382 e. The smallest absolute Gasteiger partial charge is 0.0543 e. The molecular formula is C14H24N2O. The first-order valence-electron chi connectivity index (χ1n) is 6.44. The number of methoxy groups -OCH3 is 1. The van der Waals surface area contributed by atoms with E-state index in [1.54, 1.807) is 7.11 Å². The van der Waals surface area contributed by atoms with Crippen LogP contribution in [0.5, 0.6) is 0 Å². The van der Waals surface area contributed by atoms with Gasteiger partial charge in [0.15, 0.2) is 0 Å². The maximum atomic E-state index is 5.30. The molecule has 0 spiro atoms. The molecule has 0 saturated heterocycles. The van der Waals surface area contributed by atoms with E-state index in [0.29, 0.717) is 12.1 Å². The van der Waals surface area contributed by atoms with Gasteiger partial charge in [-0.05, 0) is 44.4 Å². The molecule has 1 N–H and O–H groups in total. The van der Waals surface area contributed by atoms with Crippen molar-refractivity contribution in [1.29, 1.82) is 0 Å². The Balaban J connectivity index is 2.54. The quantitative estimate of drug-likeness (QED) is 0.753. The zero-order valence-corrected chi connectivity index (χ0v) is 11.1. The molecule has 0 amide bonds. The molecule has 17 heavy (non-hydrogen) atoms. The molecule has 0 aromatic carbocycles. The van der Waals surface area contributed by atoms with Crippen molar-refractivity contribution in [3.63, 3.8) is 0 Å². The van der Waals surface area contributed by atoms with E-state index in [-0.39, 0.29) is 0 Å². The fraction of sp³-hybridized carbons (Fsp3) is 0.643. The fourth-order valence-electron chi connectivity index (χ4n) is 1.81. The Hall–Kier alpha value is -0.930. The van der Waals surface area contributed by atoms with Crippen molar-refractivity contribution in [2.75, 3.05) is 13.7 Å². The standard InChI is InChI=1S/C14H24N2O/c1-4-9-16-14(8-7-12(2)17-3)13-6-5-10-15-11-13/h5-6,10-12,14,16H,4,7-9H2,1-3H3. The Kier molecular flexibility index (Phi) is 6.82. The lowest BCUT2D eigenvalue weighted by Gasteiger charge is -2.20. The number of aromatic nitrogens is 1. The van der Waals surface area contributed by atoms with Crippen LogP contribution >= 0.6 is 0 Å². The third kappa shape index (κ3) is 5.29. The van der Waals surface area contributed by atoms with Gasteiger partial charge in [-0.25, -0.2) is 0 Å². The van der Waals surface area contributed by atoms with E-state index < -0.39 is 0 Å². The summed E-state index contributed by atoms with van der Waals surface area (Å²) in [7, 11) is 1.77. The van der Waals surface area contributed by atoms with Crippen LogP contribution in [0.2, 0.25) is 0 Å². The van der Waals surface area contributed by atoms with Crippen LogP contribution in [0.25, 0.3) is 0 Å². The summed E-state index contributed by atoms with van der Waals surface area (Å²) in [4.78, 5) is 4.19. The van der Waals surface area contributed by atoms with Crippen molar-refractivity contribution in [1.82, 2.24) is 10.3 Å². The van der Waals surface area contributed by atoms with Crippen LogP contribution in [0.3, 0.4) is 0 Å². The predicted octanol–water partition coefficient (Wildman–Crippen LogP) is 2.94. The van der Waals surface area contributed by atoms with Crippen molar-refractivity contribution in [2.45, 2.75) is 45.3 Å². The highest BCUT2D eigenvalue weighted by Crippen LogP contribution is 2.19. The lowest BCUT2D eigenvalue weighted by atomic mass is 10.0. The van der Waals surface area contributed by atoms with E-state index in [2.05, 4.69) is 30.2 Å². The SMILES string of the molecule is CCCNC(CCC(C)OC)c1cccnc1. The number of nitrogens with zero attached hydrogens (tertiary/aromatic N) is 1. The van der Waals surface area contributed by atoms with Crippen LogP contribution in [0.4, 0.5) is 0 Å². The van der Waals surface area contributed by atoms with E-state index in [4.69, 9.17) is 4.74 Å². The van der Waals surface area contributed by atoms with Gasteiger partial charge in [0, 0.05) is 25.5 Å². The predicted molar refractivity (Wildman–Crippen MR) is 71.0 cm³/mol. The zero-order valence-electron chi connectivity index (χ0n) is 11.1. The third-order valence-electron chi connectivity index (χ3n) is 2.99. The first kappa shape index (κ1) is 14.1. The van der Waals surface area contributed by atoms with E-state index in [1.807, 2.05) is 18.5 Å². The van der Waals surface area contributed by atoms with Crippen LogP contribution < -0.4 is 5.32 Å². The summed E-state index contributed by atoms with van der Waals surface area (Å²) >= 11 is 0. The van der Waals surface area contributed by atoms with Gasteiger partial charge in [0.2, 0.25) is 0 Å². The molecule has 3 nitrogen and oxygen atoms in total. The van der Waals surface area contributed by atoms with Crippen molar-refractivity contribution < 1.29 is 4.74 Å². The van der Waals surface area contributed by atoms with Crippen LogP contribution in [0.1, 0.15) is 44.7 Å². The first-order valence-corrected chi connectivity index (χ1v) is 6.44. The van der Waals surface area contributed by atoms with Gasteiger partial charge in [-0.2, -0.15) is 0 Å². The van der Waals surface area contributed by atoms with Crippen molar-refractivity contribution in [2.24, 2.45) is 0 Å². The summed E-state index contributed by atoms with van der Waals surface area (Å²) in [5, 5.41) is 3.57. The molecule has 1 aromatic rings. The maximum Gasteiger partial charge on any atom is 0.0543 e. The first-order chi connectivity index (χ1) is 8.27. The topological polar surface area (TPSA) is 34.1 Å². The Bertz CT molecular complexity index is 290. The normalized spacial score (nSPS) is 14.5. The average Bonchev–Trinajstić information content (AvgIpc) is 2.39. The Morgan fingerprint density at radius 1 is 1.41 bits per heavy atom. The van der Waals surface area contributed by atoms with Gasteiger partial charge >= 0.3 is 0 Å². The molecule has 0 aliphatic heterocycles. The fourth-order valence-corrected chi connectivity index (χ4v) is 1.81. The lowest BCUT2D eigenvalue weighted by molar-refractivity contribution is 0.106. The maximum absolute atomic E-state index is 5.30. The molecule has 1 aromatic heterocycles. The molecule has 0 radical (unpaired) electrons. The number of rotatable bonds is 8. The summed E-state index contributed by atoms with van der Waals surface area (Å²) in [6.45, 7) is 5.34. The van der Waals surface area contributed by atoms with E-state index in [0.717, 1.165) is 25.8 Å². The zero-order chi connectivity index (χ0) is 12.5. The largest absolute Gasteiger partial charge is 0.382 e. The Morgan fingerprint density at radius 3 is 2.82 bits per heavy atom. The van der Waals surface area contributed by atoms with Crippen molar-refractivity contribution >= 4 is 0 Å². The van der Waals surface area contributed by atoms with Crippen LogP contribution in [-0.4, -0.2) is 24.7 Å². The number of nitrogens with one attached hydrogen (secondary N) is 1. The second-order valence-corrected chi connectivity index (χ2v) is 4.42. The van der Waals surface area contributed by atoms with Gasteiger partial charge in [-0.1, -0.05) is 13.0 Å². The summed E-state index contributed by atoms with van der Waals surface area (Å²) in [6.07, 6.45) is 7.38. The minimum atomic E-state index is 0.317. The van der Waals surface area contributed by atoms with E-state index >= 15 is 0 Å². The number of pyridine rings is 1. The number of hydrogen-bond donors (Lipinski definition) is 1. The van der Waals surface area contributed by atoms with Crippen molar-refractivity contribution in [3.8, 4) is 0 Å². The molecule has 0 aliphatic carbocycles. The van der Waals surface area contributed by atoms with Crippen LogP contribution in [0, 0.1) is 0 Å². The third-order valence-corrected chi connectivity index (χ3v) is 2.99. The molecule has 0 aliphatic rings. The molecule has 0 saturated carbocycles. The minimum absolute atomic E-state index is 0.317. The molecule has 2 unspecified atom stereocenters. The summed E-state index contributed by atoms with van der Waals surface area (Å²) < 4.78 is 5.30. The summed E-state index contributed by atoms with van der Waals surface area (Å²) in [5.41, 5.74) is 1.27. The molecule has 96 valence electrons. The second-order valence-electron chi connectivity index (χ2n) is 4.42. The van der Waals surface area contributed by atoms with E-state index in [9.17, 15) is 0 Å². The monoisotopic (exact) mass is 236 g/mol. The molecular weight excluding hydrogens is 212 g/mol. The number of ether oxygens (including phenoxy) is 1. The van der Waals surface area contributed by atoms with Gasteiger partial charge in [-0.3, -0.25) is 4.98 Å². The van der Waals surface area contributed by atoms with Gasteiger partial charge in [-0.15, -0.1) is 0 Å². The van der Waals surface area contributed by atoms with Gasteiger partial charge in [0.1, 0.15) is 0 Å². The molecule has 0 bridgehead atoms. The van der Waals surface area contributed by atoms with Crippen LogP contribution in [0.15, 0.2) is 24.5 Å². The van der Waals surface area contributed by atoms with Crippen LogP contribution in [-0.2, 0) is 4.74 Å². The van der Waals surface area contributed by atoms with Gasteiger partial charge in [0.05, 0.1) is 6.10 Å².